The molecular weight excluding hydrogens is 242 g/mol. The van der Waals surface area contributed by atoms with E-state index in [9.17, 15) is 0 Å². The second-order valence-electron chi connectivity index (χ2n) is 5.50. The molecule has 2 heterocycles. The summed E-state index contributed by atoms with van der Waals surface area (Å²) in [5, 5.41) is 3.49. The Labute approximate surface area is 114 Å². The molecule has 18 heavy (non-hydrogen) atoms. The van der Waals surface area contributed by atoms with Gasteiger partial charge in [0.1, 0.15) is 0 Å². The van der Waals surface area contributed by atoms with Crippen molar-refractivity contribution in [1.82, 2.24) is 5.32 Å². The summed E-state index contributed by atoms with van der Waals surface area (Å²) in [6, 6.07) is 2.98. The van der Waals surface area contributed by atoms with Crippen LogP contribution in [0.15, 0.2) is 6.07 Å². The molecule has 1 N–H and O–H groups in total. The van der Waals surface area contributed by atoms with Crippen molar-refractivity contribution < 1.29 is 4.74 Å². The average Bonchev–Trinajstić information content (AvgIpc) is 3.04. The molecule has 0 bridgehead atoms. The summed E-state index contributed by atoms with van der Waals surface area (Å²) in [6.07, 6.45) is 9.42. The lowest BCUT2D eigenvalue weighted by Gasteiger charge is -2.17. The fraction of sp³-hybridized carbons (Fsp3) is 0.733. The van der Waals surface area contributed by atoms with Crippen LogP contribution in [0.2, 0.25) is 0 Å². The van der Waals surface area contributed by atoms with E-state index in [1.807, 2.05) is 11.3 Å². The first kappa shape index (κ1) is 12.6. The zero-order chi connectivity index (χ0) is 12.4. The largest absolute Gasteiger partial charge is 0.378 e. The summed E-state index contributed by atoms with van der Waals surface area (Å²) in [4.78, 5) is 3.18. The number of hydrogen-bond donors (Lipinski definition) is 1. The van der Waals surface area contributed by atoms with Gasteiger partial charge >= 0.3 is 0 Å². The molecule has 1 aliphatic carbocycles. The predicted molar refractivity (Wildman–Crippen MR) is 76.4 cm³/mol. The molecule has 2 unspecified atom stereocenters. The van der Waals surface area contributed by atoms with Crippen LogP contribution in [0.1, 0.15) is 53.5 Å². The van der Waals surface area contributed by atoms with Crippen molar-refractivity contribution in [2.45, 2.75) is 57.1 Å². The highest BCUT2D eigenvalue weighted by Crippen LogP contribution is 2.35. The lowest BCUT2D eigenvalue weighted by Crippen LogP contribution is -2.17. The fourth-order valence-corrected chi connectivity index (χ4v) is 4.58. The molecule has 0 radical (unpaired) electrons. The van der Waals surface area contributed by atoms with Crippen molar-refractivity contribution in [3.05, 3.63) is 21.4 Å². The minimum Gasteiger partial charge on any atom is -0.378 e. The van der Waals surface area contributed by atoms with Crippen LogP contribution >= 0.6 is 11.3 Å². The molecular formula is C15H23NOS. The van der Waals surface area contributed by atoms with Crippen LogP contribution in [0.25, 0.3) is 0 Å². The second-order valence-corrected chi connectivity index (χ2v) is 6.67. The van der Waals surface area contributed by atoms with Crippen molar-refractivity contribution >= 4 is 11.3 Å². The SMILES string of the molecule is CNC(CCC1CCCO1)c1cc2c(s1)CCC2. The molecule has 0 saturated carbocycles. The number of rotatable bonds is 5. The topological polar surface area (TPSA) is 21.3 Å². The molecule has 2 aliphatic rings. The molecule has 1 aliphatic heterocycles. The zero-order valence-electron chi connectivity index (χ0n) is 11.2. The van der Waals surface area contributed by atoms with Crippen molar-refractivity contribution in [2.75, 3.05) is 13.7 Å². The van der Waals surface area contributed by atoms with Gasteiger partial charge in [-0.2, -0.15) is 0 Å². The zero-order valence-corrected chi connectivity index (χ0v) is 12.0. The van der Waals surface area contributed by atoms with E-state index >= 15 is 0 Å². The van der Waals surface area contributed by atoms with E-state index in [-0.39, 0.29) is 0 Å². The summed E-state index contributed by atoms with van der Waals surface area (Å²) in [7, 11) is 2.09. The molecule has 2 nitrogen and oxygen atoms in total. The van der Waals surface area contributed by atoms with E-state index in [2.05, 4.69) is 18.4 Å². The standard InChI is InChI=1S/C15H23NOS/c1-16-13(8-7-12-5-3-9-17-12)15-10-11-4-2-6-14(11)18-15/h10,12-13,16H,2-9H2,1H3. The first-order valence-electron chi connectivity index (χ1n) is 7.27. The van der Waals surface area contributed by atoms with Gasteiger partial charge < -0.3 is 10.1 Å². The summed E-state index contributed by atoms with van der Waals surface area (Å²) >= 11 is 2.03. The van der Waals surface area contributed by atoms with E-state index in [0.29, 0.717) is 12.1 Å². The van der Waals surface area contributed by atoms with Gasteiger partial charge in [0.2, 0.25) is 0 Å². The highest BCUT2D eigenvalue weighted by molar-refractivity contribution is 7.12. The van der Waals surface area contributed by atoms with Crippen molar-refractivity contribution in [1.29, 1.82) is 0 Å². The van der Waals surface area contributed by atoms with Crippen LogP contribution in [0, 0.1) is 0 Å². The van der Waals surface area contributed by atoms with Crippen molar-refractivity contribution in [3.8, 4) is 0 Å². The van der Waals surface area contributed by atoms with Crippen LogP contribution in [-0.2, 0) is 17.6 Å². The maximum atomic E-state index is 5.72. The van der Waals surface area contributed by atoms with Gasteiger partial charge in [-0.25, -0.2) is 0 Å². The number of ether oxygens (including phenoxy) is 1. The Morgan fingerprint density at radius 2 is 2.39 bits per heavy atom. The molecule has 0 spiro atoms. The number of hydrogen-bond acceptors (Lipinski definition) is 3. The van der Waals surface area contributed by atoms with Gasteiger partial charge in [-0.1, -0.05) is 0 Å². The molecule has 100 valence electrons. The van der Waals surface area contributed by atoms with E-state index < -0.39 is 0 Å². The van der Waals surface area contributed by atoms with E-state index in [0.717, 1.165) is 6.61 Å². The molecule has 1 aromatic heterocycles. The lowest BCUT2D eigenvalue weighted by atomic mass is 10.0. The Morgan fingerprint density at radius 3 is 3.11 bits per heavy atom. The van der Waals surface area contributed by atoms with Crippen LogP contribution in [0.5, 0.6) is 0 Å². The van der Waals surface area contributed by atoms with Gasteiger partial charge in [-0.15, -0.1) is 11.3 Å². The Bertz CT molecular complexity index is 374. The molecule has 0 aromatic carbocycles. The first-order valence-corrected chi connectivity index (χ1v) is 8.09. The summed E-state index contributed by atoms with van der Waals surface area (Å²) in [5.41, 5.74) is 1.62. The maximum absolute atomic E-state index is 5.72. The third-order valence-electron chi connectivity index (χ3n) is 4.26. The molecule has 1 saturated heterocycles. The number of nitrogens with one attached hydrogen (secondary N) is 1. The molecule has 3 heteroatoms. The molecule has 3 rings (SSSR count). The second kappa shape index (κ2) is 5.72. The molecule has 1 aromatic rings. The van der Waals surface area contributed by atoms with E-state index in [1.165, 1.54) is 44.9 Å². The third-order valence-corrected chi connectivity index (χ3v) is 5.61. The van der Waals surface area contributed by atoms with Gasteiger partial charge in [0.05, 0.1) is 6.10 Å². The minimum absolute atomic E-state index is 0.521. The van der Waals surface area contributed by atoms with Gasteiger partial charge in [-0.05, 0) is 63.6 Å². The van der Waals surface area contributed by atoms with Crippen LogP contribution in [0.4, 0.5) is 0 Å². The smallest absolute Gasteiger partial charge is 0.0576 e. The van der Waals surface area contributed by atoms with Gasteiger partial charge in [0, 0.05) is 22.4 Å². The minimum atomic E-state index is 0.521. The molecule has 1 fully saturated rings. The number of thiophene rings is 1. The van der Waals surface area contributed by atoms with Gasteiger partial charge in [0.15, 0.2) is 0 Å². The lowest BCUT2D eigenvalue weighted by molar-refractivity contribution is 0.0999. The van der Waals surface area contributed by atoms with E-state index in [1.54, 1.807) is 15.3 Å². The first-order chi connectivity index (χ1) is 8.86. The molecule has 0 amide bonds. The maximum Gasteiger partial charge on any atom is 0.0576 e. The number of aryl methyl sites for hydroxylation is 2. The summed E-state index contributed by atoms with van der Waals surface area (Å²) < 4.78 is 5.72. The van der Waals surface area contributed by atoms with E-state index in [4.69, 9.17) is 4.74 Å². The quantitative estimate of drug-likeness (QED) is 0.880. The highest BCUT2D eigenvalue weighted by Gasteiger charge is 2.21. The predicted octanol–water partition coefficient (Wildman–Crippen LogP) is 3.46. The van der Waals surface area contributed by atoms with Gasteiger partial charge in [-0.3, -0.25) is 0 Å². The molecule has 2 atom stereocenters. The van der Waals surface area contributed by atoms with Crippen LogP contribution in [0.3, 0.4) is 0 Å². The Hall–Kier alpha value is -0.380. The van der Waals surface area contributed by atoms with Crippen LogP contribution < -0.4 is 5.32 Å². The third kappa shape index (κ3) is 2.63. The van der Waals surface area contributed by atoms with Crippen molar-refractivity contribution in [2.24, 2.45) is 0 Å². The normalized spacial score (nSPS) is 24.4. The average molecular weight is 265 g/mol. The van der Waals surface area contributed by atoms with Crippen molar-refractivity contribution in [3.63, 3.8) is 0 Å². The monoisotopic (exact) mass is 265 g/mol. The Morgan fingerprint density at radius 1 is 1.44 bits per heavy atom. The fourth-order valence-electron chi connectivity index (χ4n) is 3.18. The van der Waals surface area contributed by atoms with Gasteiger partial charge in [0.25, 0.3) is 0 Å². The summed E-state index contributed by atoms with van der Waals surface area (Å²) in [6.45, 7) is 0.974. The Kier molecular flexibility index (Phi) is 4.02. The highest BCUT2D eigenvalue weighted by atomic mass is 32.1. The number of fused-ring (bicyclic) bond motifs is 1. The Balaban J connectivity index is 1.60. The summed E-state index contributed by atoms with van der Waals surface area (Å²) in [5.74, 6) is 0. The van der Waals surface area contributed by atoms with Crippen LogP contribution in [-0.4, -0.2) is 19.8 Å².